The Kier molecular flexibility index (Phi) is 7.25. The second-order valence-electron chi connectivity index (χ2n) is 6.76. The maximum atomic E-state index is 13.7. The number of urea groups is 1. The maximum absolute atomic E-state index is 13.7. The van der Waals surface area contributed by atoms with Crippen LogP contribution in [0.25, 0.3) is 0 Å². The number of hydrogen-bond donors (Lipinski definition) is 3. The fourth-order valence-corrected chi connectivity index (χ4v) is 4.28. The van der Waals surface area contributed by atoms with Gasteiger partial charge in [-0.2, -0.15) is 0 Å². The largest absolute Gasteiger partial charge is 0.336 e. The molecular weight excluding hydrogens is 496 g/mol. The number of thiol groups is 1. The number of halogens is 3. The minimum Gasteiger partial charge on any atom is -0.322 e. The van der Waals surface area contributed by atoms with Crippen LogP contribution in [0.4, 0.5) is 30.6 Å². The Labute approximate surface area is 198 Å². The van der Waals surface area contributed by atoms with Gasteiger partial charge in [-0.3, -0.25) is 4.79 Å². The highest BCUT2D eigenvalue weighted by Crippen LogP contribution is 2.26. The molecule has 0 fully saturated rings. The van der Waals surface area contributed by atoms with Gasteiger partial charge in [0.2, 0.25) is 0 Å². The summed E-state index contributed by atoms with van der Waals surface area (Å²) in [5.74, 6) is -2.95. The maximum Gasteiger partial charge on any atom is 0.336 e. The third-order valence-corrected chi connectivity index (χ3v) is 6.33. The SMILES string of the molecule is CS(=O)(=O)c1ccc(NC(=O)N(S)c2ccc(NC(=O)c3c(F)cccc3F)cc2)cc1Cl. The molecule has 0 radical (unpaired) electrons. The molecule has 0 saturated heterocycles. The second kappa shape index (κ2) is 9.77. The van der Waals surface area contributed by atoms with Gasteiger partial charge < -0.3 is 10.6 Å². The van der Waals surface area contributed by atoms with Crippen LogP contribution < -0.4 is 14.9 Å². The number of benzene rings is 3. The average molecular weight is 512 g/mol. The van der Waals surface area contributed by atoms with Crippen LogP contribution in [0.3, 0.4) is 0 Å². The van der Waals surface area contributed by atoms with Crippen molar-refractivity contribution in [2.24, 2.45) is 0 Å². The number of nitrogens with zero attached hydrogens (tertiary/aromatic N) is 1. The van der Waals surface area contributed by atoms with Gasteiger partial charge in [-0.25, -0.2) is 26.3 Å². The zero-order chi connectivity index (χ0) is 24.3. The summed E-state index contributed by atoms with van der Waals surface area (Å²) in [5, 5.41) is 4.84. The third-order valence-electron chi connectivity index (χ3n) is 4.33. The zero-order valence-corrected chi connectivity index (χ0v) is 19.3. The fraction of sp³-hybridized carbons (Fsp3) is 0.0476. The molecule has 3 aromatic rings. The van der Waals surface area contributed by atoms with Crippen LogP contribution >= 0.6 is 24.4 Å². The van der Waals surface area contributed by atoms with Crippen LogP contribution in [0.15, 0.2) is 65.6 Å². The number of carbonyl (C=O) groups excluding carboxylic acids is 2. The molecule has 33 heavy (non-hydrogen) atoms. The fourth-order valence-electron chi connectivity index (χ4n) is 2.77. The minimum atomic E-state index is -3.52. The topological polar surface area (TPSA) is 95.6 Å². The van der Waals surface area contributed by atoms with E-state index in [0.29, 0.717) is 5.69 Å². The highest BCUT2D eigenvalue weighted by atomic mass is 35.5. The summed E-state index contributed by atoms with van der Waals surface area (Å²) in [7, 11) is -3.52. The van der Waals surface area contributed by atoms with Gasteiger partial charge in [0.05, 0.1) is 15.6 Å². The van der Waals surface area contributed by atoms with E-state index in [1.807, 2.05) is 0 Å². The van der Waals surface area contributed by atoms with E-state index in [4.69, 9.17) is 11.6 Å². The molecule has 3 rings (SSSR count). The third kappa shape index (κ3) is 5.81. The summed E-state index contributed by atoms with van der Waals surface area (Å²) < 4.78 is 51.7. The quantitative estimate of drug-likeness (QED) is 0.412. The molecule has 0 heterocycles. The smallest absolute Gasteiger partial charge is 0.322 e. The second-order valence-corrected chi connectivity index (χ2v) is 9.55. The summed E-state index contributed by atoms with van der Waals surface area (Å²) in [6.07, 6.45) is 1.01. The monoisotopic (exact) mass is 511 g/mol. The molecule has 0 aromatic heterocycles. The van der Waals surface area contributed by atoms with E-state index in [9.17, 15) is 26.8 Å². The van der Waals surface area contributed by atoms with Crippen molar-refractivity contribution in [2.75, 3.05) is 21.2 Å². The first kappa shape index (κ1) is 24.5. The van der Waals surface area contributed by atoms with Gasteiger partial charge >= 0.3 is 6.03 Å². The Balaban J connectivity index is 1.68. The Bertz CT molecular complexity index is 1320. The summed E-state index contributed by atoms with van der Waals surface area (Å²) in [5.41, 5.74) is 0.0750. The first-order valence-corrected chi connectivity index (χ1v) is 11.8. The van der Waals surface area contributed by atoms with Crippen LogP contribution in [0.1, 0.15) is 10.4 Å². The molecule has 12 heteroatoms. The van der Waals surface area contributed by atoms with E-state index in [2.05, 4.69) is 23.4 Å². The van der Waals surface area contributed by atoms with E-state index < -0.39 is 39.0 Å². The predicted molar refractivity (Wildman–Crippen MR) is 126 cm³/mol. The highest BCUT2D eigenvalue weighted by molar-refractivity contribution is 7.90. The molecule has 0 bridgehead atoms. The van der Waals surface area contributed by atoms with Crippen LogP contribution in [0.5, 0.6) is 0 Å². The molecule has 0 saturated carbocycles. The normalized spacial score (nSPS) is 11.1. The van der Waals surface area contributed by atoms with Crippen molar-refractivity contribution in [3.63, 3.8) is 0 Å². The van der Waals surface area contributed by atoms with Gasteiger partial charge in [0.1, 0.15) is 17.2 Å². The lowest BCUT2D eigenvalue weighted by Gasteiger charge is -2.17. The molecule has 0 aliphatic rings. The molecule has 3 amide bonds. The Morgan fingerprint density at radius 3 is 2.06 bits per heavy atom. The van der Waals surface area contributed by atoms with Crippen LogP contribution in [0.2, 0.25) is 5.02 Å². The summed E-state index contributed by atoms with van der Waals surface area (Å²) in [6.45, 7) is 0. The van der Waals surface area contributed by atoms with Gasteiger partial charge in [-0.1, -0.05) is 30.5 Å². The Hall–Kier alpha value is -3.15. The van der Waals surface area contributed by atoms with Gasteiger partial charge in [0.15, 0.2) is 9.84 Å². The molecule has 0 aliphatic carbocycles. The van der Waals surface area contributed by atoms with Crippen LogP contribution in [0, 0.1) is 11.6 Å². The minimum absolute atomic E-state index is 0.0487. The summed E-state index contributed by atoms with van der Waals surface area (Å²) in [4.78, 5) is 24.6. The summed E-state index contributed by atoms with van der Waals surface area (Å²) in [6, 6.07) is 12.1. The van der Waals surface area contributed by atoms with Crippen molar-refractivity contribution >= 4 is 63.3 Å². The van der Waals surface area contributed by atoms with Gasteiger partial charge in [0, 0.05) is 17.6 Å². The van der Waals surface area contributed by atoms with Crippen molar-refractivity contribution < 1.29 is 26.8 Å². The number of anilines is 3. The standard InChI is InChI=1S/C21H16ClF2N3O4S2/c1-33(30,31)18-10-7-13(11-15(18)22)26-21(29)27(32)14-8-5-12(6-9-14)25-20(28)19-16(23)3-2-4-17(19)24/h2-11,32H,1H3,(H,25,28)(H,26,29). The molecule has 3 aromatic carbocycles. The first-order chi connectivity index (χ1) is 15.5. The van der Waals surface area contributed by atoms with E-state index in [0.717, 1.165) is 28.8 Å². The molecule has 172 valence electrons. The molecule has 0 atom stereocenters. The predicted octanol–water partition coefficient (Wildman–Crippen LogP) is 5.16. The van der Waals surface area contributed by atoms with Crippen LogP contribution in [-0.2, 0) is 9.84 Å². The first-order valence-electron chi connectivity index (χ1n) is 9.12. The van der Waals surface area contributed by atoms with Crippen molar-refractivity contribution in [3.8, 4) is 0 Å². The lowest BCUT2D eigenvalue weighted by Crippen LogP contribution is -2.26. The highest BCUT2D eigenvalue weighted by Gasteiger charge is 2.18. The Morgan fingerprint density at radius 2 is 1.52 bits per heavy atom. The van der Waals surface area contributed by atoms with Gasteiger partial charge in [-0.05, 0) is 54.6 Å². The molecule has 2 N–H and O–H groups in total. The summed E-state index contributed by atoms with van der Waals surface area (Å²) >= 11 is 10.1. The van der Waals surface area contributed by atoms with Gasteiger partial charge in [0.25, 0.3) is 5.91 Å². The number of amides is 3. The number of hydrogen-bond acceptors (Lipinski definition) is 5. The number of carbonyl (C=O) groups is 2. The molecule has 0 spiro atoms. The van der Waals surface area contributed by atoms with E-state index in [1.165, 1.54) is 42.5 Å². The number of rotatable bonds is 5. The van der Waals surface area contributed by atoms with E-state index in [-0.39, 0.29) is 21.3 Å². The van der Waals surface area contributed by atoms with Crippen molar-refractivity contribution in [3.05, 3.63) is 82.9 Å². The van der Waals surface area contributed by atoms with Crippen LogP contribution in [-0.4, -0.2) is 26.6 Å². The number of sulfone groups is 1. The Morgan fingerprint density at radius 1 is 0.939 bits per heavy atom. The van der Waals surface area contributed by atoms with Crippen molar-refractivity contribution in [2.45, 2.75) is 4.90 Å². The molecule has 0 unspecified atom stereocenters. The zero-order valence-electron chi connectivity index (χ0n) is 16.8. The molecule has 7 nitrogen and oxygen atoms in total. The lowest BCUT2D eigenvalue weighted by molar-refractivity contribution is 0.101. The average Bonchev–Trinajstić information content (AvgIpc) is 2.72. The molecule has 0 aliphatic heterocycles. The van der Waals surface area contributed by atoms with Crippen molar-refractivity contribution in [1.29, 1.82) is 0 Å². The van der Waals surface area contributed by atoms with Crippen molar-refractivity contribution in [1.82, 2.24) is 0 Å². The van der Waals surface area contributed by atoms with E-state index >= 15 is 0 Å². The number of nitrogens with one attached hydrogen (secondary N) is 2. The van der Waals surface area contributed by atoms with Gasteiger partial charge in [-0.15, -0.1) is 0 Å². The lowest BCUT2D eigenvalue weighted by atomic mass is 10.1. The van der Waals surface area contributed by atoms with E-state index in [1.54, 1.807) is 0 Å². The molecular formula is C21H16ClF2N3O4S2.